The van der Waals surface area contributed by atoms with Gasteiger partial charge in [0.15, 0.2) is 0 Å². The third-order valence-electron chi connectivity index (χ3n) is 7.46. The van der Waals surface area contributed by atoms with Gasteiger partial charge in [-0.05, 0) is 74.5 Å². The van der Waals surface area contributed by atoms with Crippen LogP contribution in [-0.2, 0) is 4.79 Å². The number of anilines is 1. The van der Waals surface area contributed by atoms with Crippen LogP contribution in [0.2, 0.25) is 5.02 Å². The van der Waals surface area contributed by atoms with Crippen LogP contribution < -0.4 is 10.2 Å². The van der Waals surface area contributed by atoms with Gasteiger partial charge in [0.05, 0.1) is 6.54 Å². The summed E-state index contributed by atoms with van der Waals surface area (Å²) < 4.78 is 0. The van der Waals surface area contributed by atoms with Gasteiger partial charge in [-0.1, -0.05) is 17.7 Å². The fourth-order valence-electron chi connectivity index (χ4n) is 6.59. The summed E-state index contributed by atoms with van der Waals surface area (Å²) in [4.78, 5) is 17.2. The number of halogens is 1. The lowest BCUT2D eigenvalue weighted by Gasteiger charge is -2.57. The van der Waals surface area contributed by atoms with E-state index in [1.807, 2.05) is 23.1 Å². The first-order chi connectivity index (χ1) is 13.1. The van der Waals surface area contributed by atoms with Crippen molar-refractivity contribution in [1.82, 2.24) is 10.2 Å². The molecule has 0 unspecified atom stereocenters. The monoisotopic (exact) mass is 387 g/mol. The van der Waals surface area contributed by atoms with Gasteiger partial charge in [-0.15, -0.1) is 0 Å². The molecule has 1 amide bonds. The standard InChI is InChI=1S/C22H30ClN3O/c23-19-2-1-3-20(11-19)25-4-6-26(7-5-25)21(27)15-24-22-12-16-8-17(13-22)10-18(9-16)14-22/h1-3,11,16-18,24H,4-10,12-15H2. The molecule has 1 aliphatic heterocycles. The van der Waals surface area contributed by atoms with E-state index in [9.17, 15) is 4.79 Å². The van der Waals surface area contributed by atoms with Crippen molar-refractivity contribution in [3.05, 3.63) is 29.3 Å². The van der Waals surface area contributed by atoms with E-state index in [0.717, 1.165) is 54.6 Å². The molecule has 1 aromatic carbocycles. The Hall–Kier alpha value is -1.26. The maximum absolute atomic E-state index is 12.8. The lowest BCUT2D eigenvalue weighted by atomic mass is 9.53. The van der Waals surface area contributed by atoms with Gasteiger partial charge >= 0.3 is 0 Å². The molecule has 4 aliphatic carbocycles. The molecule has 4 nitrogen and oxygen atoms in total. The van der Waals surface area contributed by atoms with E-state index in [0.29, 0.717) is 6.54 Å². The minimum atomic E-state index is 0.271. The molecule has 4 saturated carbocycles. The van der Waals surface area contributed by atoms with Gasteiger partial charge in [0.25, 0.3) is 0 Å². The second-order valence-electron chi connectivity index (χ2n) is 9.40. The predicted octanol–water partition coefficient (Wildman–Crippen LogP) is 3.55. The Morgan fingerprint density at radius 1 is 1.04 bits per heavy atom. The second kappa shape index (κ2) is 6.97. The molecule has 1 heterocycles. The van der Waals surface area contributed by atoms with Crippen LogP contribution in [0.5, 0.6) is 0 Å². The van der Waals surface area contributed by atoms with Crippen LogP contribution in [0, 0.1) is 17.8 Å². The van der Waals surface area contributed by atoms with Gasteiger partial charge in [0.2, 0.25) is 5.91 Å². The highest BCUT2D eigenvalue weighted by atomic mass is 35.5. The molecule has 6 rings (SSSR count). The molecule has 1 aromatic rings. The maximum Gasteiger partial charge on any atom is 0.236 e. The number of carbonyl (C=O) groups is 1. The third-order valence-corrected chi connectivity index (χ3v) is 7.69. The molecule has 4 bridgehead atoms. The van der Waals surface area contributed by atoms with Gasteiger partial charge < -0.3 is 15.1 Å². The van der Waals surface area contributed by atoms with Gasteiger partial charge in [0, 0.05) is 42.4 Å². The smallest absolute Gasteiger partial charge is 0.236 e. The maximum atomic E-state index is 12.8. The average molecular weight is 388 g/mol. The van der Waals surface area contributed by atoms with E-state index in [-0.39, 0.29) is 11.4 Å². The first kappa shape index (κ1) is 17.8. The number of rotatable bonds is 4. The van der Waals surface area contributed by atoms with Crippen molar-refractivity contribution in [2.45, 2.75) is 44.1 Å². The first-order valence-corrected chi connectivity index (χ1v) is 11.0. The van der Waals surface area contributed by atoms with Crippen molar-refractivity contribution in [3.63, 3.8) is 0 Å². The molecule has 0 spiro atoms. The first-order valence-electron chi connectivity index (χ1n) is 10.6. The van der Waals surface area contributed by atoms with E-state index < -0.39 is 0 Å². The molecule has 1 saturated heterocycles. The highest BCUT2D eigenvalue weighted by Crippen LogP contribution is 2.55. The molecule has 0 radical (unpaired) electrons. The zero-order valence-electron chi connectivity index (χ0n) is 16.0. The number of hydrogen-bond acceptors (Lipinski definition) is 3. The SMILES string of the molecule is O=C(CNC12CC3CC(CC(C3)C1)C2)N1CCN(c2cccc(Cl)c2)CC1. The Kier molecular flexibility index (Phi) is 4.60. The lowest BCUT2D eigenvalue weighted by Crippen LogP contribution is -2.60. The molecular weight excluding hydrogens is 358 g/mol. The lowest BCUT2D eigenvalue weighted by molar-refractivity contribution is -0.131. The second-order valence-corrected chi connectivity index (χ2v) is 9.84. The van der Waals surface area contributed by atoms with Gasteiger partial charge in [-0.3, -0.25) is 4.79 Å². The van der Waals surface area contributed by atoms with E-state index in [4.69, 9.17) is 11.6 Å². The Morgan fingerprint density at radius 2 is 1.67 bits per heavy atom. The summed E-state index contributed by atoms with van der Waals surface area (Å²) in [5.41, 5.74) is 1.42. The van der Waals surface area contributed by atoms with Crippen LogP contribution in [0.4, 0.5) is 5.69 Å². The van der Waals surface area contributed by atoms with Crippen molar-refractivity contribution in [1.29, 1.82) is 0 Å². The van der Waals surface area contributed by atoms with E-state index >= 15 is 0 Å². The van der Waals surface area contributed by atoms with Crippen molar-refractivity contribution in [2.24, 2.45) is 17.8 Å². The molecule has 27 heavy (non-hydrogen) atoms. The van der Waals surface area contributed by atoms with Crippen molar-refractivity contribution >= 4 is 23.2 Å². The molecule has 1 N–H and O–H groups in total. The topological polar surface area (TPSA) is 35.6 Å². The van der Waals surface area contributed by atoms with Crippen molar-refractivity contribution in [3.8, 4) is 0 Å². The molecule has 5 aliphatic rings. The Bertz CT molecular complexity index is 678. The van der Waals surface area contributed by atoms with E-state index in [1.54, 1.807) is 0 Å². The fraction of sp³-hybridized carbons (Fsp3) is 0.682. The van der Waals surface area contributed by atoms with Gasteiger partial charge in [-0.2, -0.15) is 0 Å². The Balaban J connectivity index is 1.14. The van der Waals surface area contributed by atoms with Crippen LogP contribution in [-0.4, -0.2) is 49.1 Å². The minimum absolute atomic E-state index is 0.271. The number of piperazine rings is 1. The third kappa shape index (κ3) is 3.58. The molecule has 5 fully saturated rings. The number of amides is 1. The molecule has 5 heteroatoms. The highest BCUT2D eigenvalue weighted by Gasteiger charge is 2.50. The molecule has 0 aromatic heterocycles. The summed E-state index contributed by atoms with van der Waals surface area (Å²) in [6.45, 7) is 3.87. The van der Waals surface area contributed by atoms with Crippen molar-refractivity contribution in [2.75, 3.05) is 37.6 Å². The Labute approximate surface area is 167 Å². The zero-order chi connectivity index (χ0) is 18.4. The average Bonchev–Trinajstić information content (AvgIpc) is 2.65. The summed E-state index contributed by atoms with van der Waals surface area (Å²) in [5.74, 6) is 3.02. The summed E-state index contributed by atoms with van der Waals surface area (Å²) in [7, 11) is 0. The summed E-state index contributed by atoms with van der Waals surface area (Å²) in [5, 5.41) is 4.52. The quantitative estimate of drug-likeness (QED) is 0.858. The minimum Gasteiger partial charge on any atom is -0.368 e. The summed E-state index contributed by atoms with van der Waals surface area (Å²) >= 11 is 6.11. The zero-order valence-corrected chi connectivity index (χ0v) is 16.8. The molecular formula is C22H30ClN3O. The summed E-state index contributed by atoms with van der Waals surface area (Å²) in [6.07, 6.45) is 8.24. The van der Waals surface area contributed by atoms with Crippen LogP contribution >= 0.6 is 11.6 Å². The van der Waals surface area contributed by atoms with Crippen LogP contribution in [0.3, 0.4) is 0 Å². The number of carbonyl (C=O) groups excluding carboxylic acids is 1. The highest BCUT2D eigenvalue weighted by molar-refractivity contribution is 6.30. The van der Waals surface area contributed by atoms with E-state index in [1.165, 1.54) is 38.5 Å². The van der Waals surface area contributed by atoms with Gasteiger partial charge in [-0.25, -0.2) is 0 Å². The van der Waals surface area contributed by atoms with Crippen LogP contribution in [0.1, 0.15) is 38.5 Å². The van der Waals surface area contributed by atoms with Crippen LogP contribution in [0.15, 0.2) is 24.3 Å². The van der Waals surface area contributed by atoms with Crippen LogP contribution in [0.25, 0.3) is 0 Å². The predicted molar refractivity (Wildman–Crippen MR) is 109 cm³/mol. The molecule has 146 valence electrons. The van der Waals surface area contributed by atoms with Crippen molar-refractivity contribution < 1.29 is 4.79 Å². The van der Waals surface area contributed by atoms with Gasteiger partial charge in [0.1, 0.15) is 0 Å². The number of nitrogens with one attached hydrogen (secondary N) is 1. The molecule has 0 atom stereocenters. The largest absolute Gasteiger partial charge is 0.368 e. The summed E-state index contributed by atoms with van der Waals surface area (Å²) in [6, 6.07) is 8.00. The Morgan fingerprint density at radius 3 is 2.26 bits per heavy atom. The number of benzene rings is 1. The number of hydrogen-bond donors (Lipinski definition) is 1. The number of nitrogens with zero attached hydrogens (tertiary/aromatic N) is 2. The normalized spacial score (nSPS) is 34.9. The fourth-order valence-corrected chi connectivity index (χ4v) is 6.77. The van der Waals surface area contributed by atoms with E-state index in [2.05, 4.69) is 16.3 Å².